The lowest BCUT2D eigenvalue weighted by atomic mass is 9.92. The number of ketones is 1. The highest BCUT2D eigenvalue weighted by atomic mass is 16.6. The van der Waals surface area contributed by atoms with E-state index in [1.165, 1.54) is 0 Å². The molecule has 5 nitrogen and oxygen atoms in total. The summed E-state index contributed by atoms with van der Waals surface area (Å²) < 4.78 is 11.0. The zero-order valence-electron chi connectivity index (χ0n) is 12.6. The predicted octanol–water partition coefficient (Wildman–Crippen LogP) is 2.39. The molecule has 2 aliphatic heterocycles. The van der Waals surface area contributed by atoms with Gasteiger partial charge in [-0.25, -0.2) is 4.79 Å². The van der Waals surface area contributed by atoms with Gasteiger partial charge in [-0.3, -0.25) is 4.79 Å². The molecule has 1 amide bonds. The van der Waals surface area contributed by atoms with Gasteiger partial charge in [0.1, 0.15) is 13.2 Å². The minimum atomic E-state index is -0.303. The second-order valence-electron chi connectivity index (χ2n) is 5.98. The van der Waals surface area contributed by atoms with Crippen LogP contribution in [0.4, 0.5) is 4.79 Å². The van der Waals surface area contributed by atoms with Crippen molar-refractivity contribution in [3.63, 3.8) is 0 Å². The van der Waals surface area contributed by atoms with E-state index in [-0.39, 0.29) is 37.1 Å². The van der Waals surface area contributed by atoms with Crippen LogP contribution in [0.25, 0.3) is 0 Å². The predicted molar refractivity (Wildman–Crippen MR) is 80.3 cm³/mol. The molecule has 0 N–H and O–H groups in total. The zero-order valence-corrected chi connectivity index (χ0v) is 12.6. The van der Waals surface area contributed by atoms with Gasteiger partial charge in [0.15, 0.2) is 5.78 Å². The number of likely N-dealkylation sites (tertiary alicyclic amines) is 1. The van der Waals surface area contributed by atoms with E-state index in [1.807, 2.05) is 30.3 Å². The largest absolute Gasteiger partial charge is 0.445 e. The number of rotatable bonds is 2. The van der Waals surface area contributed by atoms with Crippen LogP contribution in [-0.4, -0.2) is 42.6 Å². The van der Waals surface area contributed by atoms with Crippen LogP contribution in [0, 0.1) is 5.92 Å². The Morgan fingerprint density at radius 3 is 2.95 bits per heavy atom. The van der Waals surface area contributed by atoms with Gasteiger partial charge < -0.3 is 14.4 Å². The molecule has 2 aliphatic rings. The summed E-state index contributed by atoms with van der Waals surface area (Å²) in [5.41, 5.74) is 0.972. The summed E-state index contributed by atoms with van der Waals surface area (Å²) in [6.45, 7) is 1.71. The molecule has 118 valence electrons. The SMILES string of the molecule is O=C1CO[C@H]2CCCN(C(=O)OCc3ccccc3)C[C@@H]2C1. The van der Waals surface area contributed by atoms with Crippen molar-refractivity contribution >= 4 is 11.9 Å². The first-order valence-corrected chi connectivity index (χ1v) is 7.81. The average molecular weight is 303 g/mol. The minimum Gasteiger partial charge on any atom is -0.445 e. The van der Waals surface area contributed by atoms with Crippen molar-refractivity contribution in [1.29, 1.82) is 0 Å². The Kier molecular flexibility index (Phi) is 4.73. The van der Waals surface area contributed by atoms with Gasteiger partial charge in [0.2, 0.25) is 0 Å². The van der Waals surface area contributed by atoms with Crippen LogP contribution in [-0.2, 0) is 20.9 Å². The third-order valence-corrected chi connectivity index (χ3v) is 4.31. The van der Waals surface area contributed by atoms with Gasteiger partial charge in [0.05, 0.1) is 6.10 Å². The molecule has 0 radical (unpaired) electrons. The van der Waals surface area contributed by atoms with Crippen molar-refractivity contribution in [2.75, 3.05) is 19.7 Å². The van der Waals surface area contributed by atoms with Crippen molar-refractivity contribution < 1.29 is 19.1 Å². The Labute approximate surface area is 130 Å². The van der Waals surface area contributed by atoms with Gasteiger partial charge in [-0.15, -0.1) is 0 Å². The summed E-state index contributed by atoms with van der Waals surface area (Å²) >= 11 is 0. The van der Waals surface area contributed by atoms with Crippen LogP contribution >= 0.6 is 0 Å². The van der Waals surface area contributed by atoms with Crippen LogP contribution in [0.3, 0.4) is 0 Å². The number of nitrogens with zero attached hydrogens (tertiary/aromatic N) is 1. The molecule has 1 aromatic rings. The van der Waals surface area contributed by atoms with E-state index in [0.717, 1.165) is 18.4 Å². The van der Waals surface area contributed by atoms with Gasteiger partial charge in [0.25, 0.3) is 0 Å². The summed E-state index contributed by atoms with van der Waals surface area (Å²) in [7, 11) is 0. The molecule has 0 spiro atoms. The van der Waals surface area contributed by atoms with Crippen molar-refractivity contribution in [2.45, 2.75) is 32.0 Å². The third kappa shape index (κ3) is 3.65. The monoisotopic (exact) mass is 303 g/mol. The third-order valence-electron chi connectivity index (χ3n) is 4.31. The molecule has 22 heavy (non-hydrogen) atoms. The maximum Gasteiger partial charge on any atom is 0.410 e. The molecule has 5 heteroatoms. The van der Waals surface area contributed by atoms with Crippen LogP contribution < -0.4 is 0 Å². The molecule has 0 saturated carbocycles. The normalized spacial score (nSPS) is 25.3. The maximum absolute atomic E-state index is 12.3. The molecule has 0 aromatic heterocycles. The molecule has 1 aromatic carbocycles. The zero-order chi connectivity index (χ0) is 15.4. The van der Waals surface area contributed by atoms with Gasteiger partial charge >= 0.3 is 6.09 Å². The molecule has 0 bridgehead atoms. The molecule has 2 heterocycles. The summed E-state index contributed by atoms with van der Waals surface area (Å²) in [4.78, 5) is 25.5. The van der Waals surface area contributed by atoms with E-state index in [1.54, 1.807) is 4.90 Å². The number of benzene rings is 1. The molecule has 2 fully saturated rings. The van der Waals surface area contributed by atoms with E-state index in [9.17, 15) is 9.59 Å². The number of Topliss-reactive ketones (excluding diaryl/α,β-unsaturated/α-hetero) is 1. The quantitative estimate of drug-likeness (QED) is 0.842. The maximum atomic E-state index is 12.3. The number of ether oxygens (including phenoxy) is 2. The molecule has 2 saturated heterocycles. The number of carbonyl (C=O) groups is 2. The van der Waals surface area contributed by atoms with Gasteiger partial charge in [0, 0.05) is 25.4 Å². The van der Waals surface area contributed by atoms with E-state index < -0.39 is 0 Å². The molecular formula is C17H21NO4. The van der Waals surface area contributed by atoms with Crippen molar-refractivity contribution in [3.05, 3.63) is 35.9 Å². The second kappa shape index (κ2) is 6.92. The Bertz CT molecular complexity index is 531. The molecule has 0 unspecified atom stereocenters. The Hall–Kier alpha value is -1.88. The number of amides is 1. The Morgan fingerprint density at radius 1 is 1.32 bits per heavy atom. The summed E-state index contributed by atoms with van der Waals surface area (Å²) in [5, 5.41) is 0. The first kappa shape index (κ1) is 15.0. The topological polar surface area (TPSA) is 55.8 Å². The summed E-state index contributed by atoms with van der Waals surface area (Å²) in [5.74, 6) is 0.230. The fraction of sp³-hybridized carbons (Fsp3) is 0.529. The van der Waals surface area contributed by atoms with Crippen molar-refractivity contribution in [1.82, 2.24) is 4.90 Å². The first-order valence-electron chi connectivity index (χ1n) is 7.81. The number of hydrogen-bond acceptors (Lipinski definition) is 4. The highest BCUT2D eigenvalue weighted by Gasteiger charge is 2.35. The fourth-order valence-corrected chi connectivity index (χ4v) is 3.15. The lowest BCUT2D eigenvalue weighted by Gasteiger charge is -2.31. The summed E-state index contributed by atoms with van der Waals surface area (Å²) in [6, 6.07) is 9.63. The van der Waals surface area contributed by atoms with Crippen LogP contribution in [0.1, 0.15) is 24.8 Å². The van der Waals surface area contributed by atoms with Crippen molar-refractivity contribution in [3.8, 4) is 0 Å². The highest BCUT2D eigenvalue weighted by molar-refractivity contribution is 5.80. The fourth-order valence-electron chi connectivity index (χ4n) is 3.15. The van der Waals surface area contributed by atoms with E-state index in [4.69, 9.17) is 9.47 Å². The van der Waals surface area contributed by atoms with E-state index in [2.05, 4.69) is 0 Å². The van der Waals surface area contributed by atoms with Gasteiger partial charge in [-0.1, -0.05) is 30.3 Å². The molecule has 0 aliphatic carbocycles. The van der Waals surface area contributed by atoms with Crippen LogP contribution in [0.2, 0.25) is 0 Å². The molecule has 2 atom stereocenters. The van der Waals surface area contributed by atoms with E-state index in [0.29, 0.717) is 19.5 Å². The van der Waals surface area contributed by atoms with Crippen LogP contribution in [0.5, 0.6) is 0 Å². The average Bonchev–Trinajstić information content (AvgIpc) is 2.75. The van der Waals surface area contributed by atoms with E-state index >= 15 is 0 Å². The number of carbonyl (C=O) groups excluding carboxylic acids is 2. The van der Waals surface area contributed by atoms with Gasteiger partial charge in [-0.05, 0) is 18.4 Å². The standard InChI is InChI=1S/C17H21NO4/c19-15-9-14-10-18(8-4-7-16(14)21-12-15)17(20)22-11-13-5-2-1-3-6-13/h1-3,5-6,14,16H,4,7-12H2/t14-,16-/m0/s1. The van der Waals surface area contributed by atoms with Crippen molar-refractivity contribution in [2.24, 2.45) is 5.92 Å². The lowest BCUT2D eigenvalue weighted by Crippen LogP contribution is -2.41. The molecule has 3 rings (SSSR count). The van der Waals surface area contributed by atoms with Crippen LogP contribution in [0.15, 0.2) is 30.3 Å². The second-order valence-corrected chi connectivity index (χ2v) is 5.98. The minimum absolute atomic E-state index is 0.102. The highest BCUT2D eigenvalue weighted by Crippen LogP contribution is 2.27. The lowest BCUT2D eigenvalue weighted by molar-refractivity contribution is -0.136. The summed E-state index contributed by atoms with van der Waals surface area (Å²) in [6.07, 6.45) is 2.09. The number of hydrogen-bond donors (Lipinski definition) is 0. The number of fused-ring (bicyclic) bond motifs is 1. The van der Waals surface area contributed by atoms with Gasteiger partial charge in [-0.2, -0.15) is 0 Å². The Balaban J connectivity index is 1.56. The first-order chi connectivity index (χ1) is 10.7. The Morgan fingerprint density at radius 2 is 2.14 bits per heavy atom. The molecular weight excluding hydrogens is 282 g/mol. The smallest absolute Gasteiger partial charge is 0.410 e.